The molecule has 0 fully saturated rings. The quantitative estimate of drug-likeness (QED) is 0.355. The molecule has 0 radical (unpaired) electrons. The van der Waals surface area contributed by atoms with Gasteiger partial charge in [-0.2, -0.15) is 10.1 Å². The van der Waals surface area contributed by atoms with Gasteiger partial charge in [0.25, 0.3) is 5.78 Å². The van der Waals surface area contributed by atoms with Gasteiger partial charge in [-0.25, -0.2) is 19.3 Å². The van der Waals surface area contributed by atoms with Gasteiger partial charge in [-0.05, 0) is 26.3 Å². The van der Waals surface area contributed by atoms with Crippen molar-refractivity contribution < 1.29 is 14.3 Å². The molecule has 9 nitrogen and oxygen atoms in total. The predicted molar refractivity (Wildman–Crippen MR) is 106 cm³/mol. The van der Waals surface area contributed by atoms with E-state index in [1.165, 1.54) is 28.4 Å². The van der Waals surface area contributed by atoms with Crippen LogP contribution in [0.15, 0.2) is 30.2 Å². The number of Topliss-reactive ketones (excluding diaryl/α,β-unsaturated/α-hetero) is 1. The Balaban J connectivity index is 1.53. The van der Waals surface area contributed by atoms with Gasteiger partial charge in [-0.15, -0.1) is 11.3 Å². The topological polar surface area (TPSA) is 104 Å². The number of carbonyl (C=O) groups excluding carboxylic acids is 2. The van der Waals surface area contributed by atoms with E-state index >= 15 is 0 Å². The van der Waals surface area contributed by atoms with Gasteiger partial charge in [-0.1, -0.05) is 6.92 Å². The Kier molecular flexibility index (Phi) is 4.93. The third-order valence-electron chi connectivity index (χ3n) is 4.64. The van der Waals surface area contributed by atoms with Crippen LogP contribution in [0, 0.1) is 13.8 Å². The highest BCUT2D eigenvalue weighted by atomic mass is 32.1. The Hall–Kier alpha value is -3.40. The molecule has 0 aromatic carbocycles. The Bertz CT molecular complexity index is 1210. The zero-order chi connectivity index (χ0) is 20.5. The van der Waals surface area contributed by atoms with Gasteiger partial charge in [0.2, 0.25) is 5.78 Å². The molecule has 10 heteroatoms. The van der Waals surface area contributed by atoms with Crippen molar-refractivity contribution in [3.05, 3.63) is 58.4 Å². The number of rotatable bonds is 6. The number of aromatic nitrogens is 6. The van der Waals surface area contributed by atoms with E-state index in [9.17, 15) is 9.59 Å². The SMILES string of the molecule is CCc1c(C(=O)OCC(=O)c2cc(C)n(-c3nccs3)c2C)cnc2ncnn12. The van der Waals surface area contributed by atoms with Crippen LogP contribution in [-0.2, 0) is 11.2 Å². The van der Waals surface area contributed by atoms with Gasteiger partial charge in [-0.3, -0.25) is 9.36 Å². The maximum atomic E-state index is 12.7. The second-order valence-electron chi connectivity index (χ2n) is 6.38. The van der Waals surface area contributed by atoms with E-state index in [0.29, 0.717) is 23.5 Å². The van der Waals surface area contributed by atoms with E-state index in [4.69, 9.17) is 4.74 Å². The van der Waals surface area contributed by atoms with Crippen LogP contribution in [0.25, 0.3) is 10.9 Å². The lowest BCUT2D eigenvalue weighted by Crippen LogP contribution is -2.18. The van der Waals surface area contributed by atoms with Gasteiger partial charge < -0.3 is 4.74 Å². The molecule has 0 saturated heterocycles. The summed E-state index contributed by atoms with van der Waals surface area (Å²) < 4.78 is 8.71. The summed E-state index contributed by atoms with van der Waals surface area (Å²) in [5, 5.41) is 6.75. The molecule has 0 N–H and O–H groups in total. The lowest BCUT2D eigenvalue weighted by Gasteiger charge is -2.09. The Morgan fingerprint density at radius 2 is 2.00 bits per heavy atom. The largest absolute Gasteiger partial charge is 0.454 e. The number of ether oxygens (including phenoxy) is 1. The molecule has 0 atom stereocenters. The zero-order valence-corrected chi connectivity index (χ0v) is 16.9. The molecule has 4 aromatic rings. The van der Waals surface area contributed by atoms with E-state index in [-0.39, 0.29) is 18.0 Å². The Morgan fingerprint density at radius 1 is 1.17 bits per heavy atom. The average Bonchev–Trinajstić information content (AvgIpc) is 3.45. The van der Waals surface area contributed by atoms with E-state index in [2.05, 4.69) is 20.1 Å². The van der Waals surface area contributed by atoms with Crippen LogP contribution >= 0.6 is 11.3 Å². The molecule has 0 bridgehead atoms. The molecule has 0 saturated carbocycles. The van der Waals surface area contributed by atoms with E-state index < -0.39 is 5.97 Å². The lowest BCUT2D eigenvalue weighted by atomic mass is 10.1. The molecule has 29 heavy (non-hydrogen) atoms. The van der Waals surface area contributed by atoms with Gasteiger partial charge in [0.15, 0.2) is 11.7 Å². The van der Waals surface area contributed by atoms with Gasteiger partial charge >= 0.3 is 5.97 Å². The number of hydrogen-bond acceptors (Lipinski definition) is 8. The number of thiazole rings is 1. The minimum absolute atomic E-state index is 0.270. The van der Waals surface area contributed by atoms with Crippen molar-refractivity contribution in [3.63, 3.8) is 0 Å². The molecular weight excluding hydrogens is 392 g/mol. The molecule has 148 valence electrons. The van der Waals surface area contributed by atoms with Crippen molar-refractivity contribution in [1.82, 2.24) is 29.1 Å². The monoisotopic (exact) mass is 410 g/mol. The standard InChI is InChI=1S/C19H18N6O3S/c1-4-15-14(8-21-18-22-10-23-25(15)18)17(27)28-9-16(26)13-7-11(2)24(12(13)3)19-20-5-6-29-19/h5-8,10H,4,9H2,1-3H3. The molecule has 0 aliphatic carbocycles. The van der Waals surface area contributed by atoms with Crippen LogP contribution in [0.4, 0.5) is 0 Å². The van der Waals surface area contributed by atoms with Crippen LogP contribution < -0.4 is 0 Å². The fourth-order valence-corrected chi connectivity index (χ4v) is 4.04. The number of aryl methyl sites for hydroxylation is 2. The zero-order valence-electron chi connectivity index (χ0n) is 16.1. The Morgan fingerprint density at radius 3 is 2.72 bits per heavy atom. The third-order valence-corrected chi connectivity index (χ3v) is 5.39. The summed E-state index contributed by atoms with van der Waals surface area (Å²) in [4.78, 5) is 37.7. The first-order valence-electron chi connectivity index (χ1n) is 8.98. The second kappa shape index (κ2) is 7.55. The van der Waals surface area contributed by atoms with Crippen molar-refractivity contribution in [3.8, 4) is 5.13 Å². The van der Waals surface area contributed by atoms with E-state index in [1.807, 2.05) is 30.7 Å². The molecule has 0 spiro atoms. The van der Waals surface area contributed by atoms with Crippen molar-refractivity contribution in [2.45, 2.75) is 27.2 Å². The summed E-state index contributed by atoms with van der Waals surface area (Å²) in [6.45, 7) is 5.29. The van der Waals surface area contributed by atoms with Gasteiger partial charge in [0.05, 0.1) is 11.3 Å². The van der Waals surface area contributed by atoms with Crippen LogP contribution in [-0.4, -0.2) is 47.5 Å². The molecule has 0 aliphatic rings. The van der Waals surface area contributed by atoms with Crippen molar-refractivity contribution in [2.75, 3.05) is 6.61 Å². The van der Waals surface area contributed by atoms with Crippen LogP contribution in [0.5, 0.6) is 0 Å². The number of fused-ring (bicyclic) bond motifs is 1. The summed E-state index contributed by atoms with van der Waals surface area (Å²) in [6.07, 6.45) is 5.03. The van der Waals surface area contributed by atoms with Gasteiger partial charge in [0.1, 0.15) is 6.33 Å². The summed E-state index contributed by atoms with van der Waals surface area (Å²) >= 11 is 1.49. The van der Waals surface area contributed by atoms with Crippen LogP contribution in [0.1, 0.15) is 44.7 Å². The molecule has 0 unspecified atom stereocenters. The summed E-state index contributed by atoms with van der Waals surface area (Å²) in [5.41, 5.74) is 3.06. The first kappa shape index (κ1) is 18.9. The lowest BCUT2D eigenvalue weighted by molar-refractivity contribution is 0.0472. The smallest absolute Gasteiger partial charge is 0.342 e. The van der Waals surface area contributed by atoms with Crippen molar-refractivity contribution in [2.24, 2.45) is 0 Å². The molecule has 0 aliphatic heterocycles. The highest BCUT2D eigenvalue weighted by molar-refractivity contribution is 7.12. The normalized spacial score (nSPS) is 11.1. The fraction of sp³-hybridized carbons (Fsp3) is 0.263. The minimum Gasteiger partial charge on any atom is -0.454 e. The van der Waals surface area contributed by atoms with E-state index in [1.54, 1.807) is 12.3 Å². The van der Waals surface area contributed by atoms with E-state index in [0.717, 1.165) is 16.5 Å². The summed E-state index contributed by atoms with van der Waals surface area (Å²) in [6, 6.07) is 1.79. The summed E-state index contributed by atoms with van der Waals surface area (Å²) in [7, 11) is 0. The average molecular weight is 410 g/mol. The number of nitrogens with zero attached hydrogens (tertiary/aromatic N) is 6. The van der Waals surface area contributed by atoms with Crippen LogP contribution in [0.2, 0.25) is 0 Å². The Labute approximate surface area is 170 Å². The third kappa shape index (κ3) is 3.31. The number of esters is 1. The minimum atomic E-state index is -0.617. The molecule has 0 amide bonds. The van der Waals surface area contributed by atoms with Crippen molar-refractivity contribution >= 4 is 28.9 Å². The second-order valence-corrected chi connectivity index (χ2v) is 7.25. The molecule has 4 rings (SSSR count). The summed E-state index contributed by atoms with van der Waals surface area (Å²) in [5.74, 6) is -0.486. The maximum Gasteiger partial charge on any atom is 0.342 e. The number of hydrogen-bond donors (Lipinski definition) is 0. The molecule has 4 heterocycles. The molecular formula is C19H18N6O3S. The van der Waals surface area contributed by atoms with Crippen LogP contribution in [0.3, 0.4) is 0 Å². The highest BCUT2D eigenvalue weighted by Crippen LogP contribution is 2.23. The van der Waals surface area contributed by atoms with Gasteiger partial charge in [0, 0.05) is 34.7 Å². The number of ketones is 1. The predicted octanol–water partition coefficient (Wildman–Crippen LogP) is 2.59. The first-order chi connectivity index (χ1) is 14.0. The number of carbonyl (C=O) groups is 2. The maximum absolute atomic E-state index is 12.7. The fourth-order valence-electron chi connectivity index (χ4n) is 3.29. The first-order valence-corrected chi connectivity index (χ1v) is 9.86. The van der Waals surface area contributed by atoms with Crippen molar-refractivity contribution in [1.29, 1.82) is 0 Å². The highest BCUT2D eigenvalue weighted by Gasteiger charge is 2.21. The molecule has 4 aromatic heterocycles.